The van der Waals surface area contributed by atoms with Crippen molar-refractivity contribution in [3.8, 4) is 5.88 Å². The maximum absolute atomic E-state index is 9.79. The van der Waals surface area contributed by atoms with Crippen molar-refractivity contribution in [3.63, 3.8) is 0 Å². The van der Waals surface area contributed by atoms with Gasteiger partial charge in [-0.1, -0.05) is 11.6 Å². The number of aromatic nitrogens is 2. The van der Waals surface area contributed by atoms with Crippen LogP contribution in [0.4, 0.5) is 0 Å². The minimum Gasteiger partial charge on any atom is -0.473 e. The monoisotopic (exact) mass is 319 g/mol. The predicted octanol–water partition coefficient (Wildman–Crippen LogP) is 2.34. The van der Waals surface area contributed by atoms with Gasteiger partial charge in [-0.2, -0.15) is 4.37 Å². The summed E-state index contributed by atoms with van der Waals surface area (Å²) >= 11 is 8.49. The zero-order valence-electron chi connectivity index (χ0n) is 10.2. The maximum Gasteiger partial charge on any atom is 0.245 e. The third kappa shape index (κ3) is 4.70. The Bertz CT molecular complexity index is 492. The molecule has 0 aliphatic carbocycles. The normalized spacial score (nSPS) is 14.3. The van der Waals surface area contributed by atoms with Crippen molar-refractivity contribution in [2.45, 2.75) is 19.1 Å². The molecule has 5 nitrogen and oxygen atoms in total. The van der Waals surface area contributed by atoms with Gasteiger partial charge in [0.25, 0.3) is 0 Å². The molecule has 2 rings (SSSR count). The van der Waals surface area contributed by atoms with Crippen LogP contribution in [0.3, 0.4) is 0 Å². The molecular weight excluding hydrogens is 306 g/mol. The number of ether oxygens (including phenoxy) is 1. The van der Waals surface area contributed by atoms with Crippen molar-refractivity contribution in [2.75, 3.05) is 13.2 Å². The van der Waals surface area contributed by atoms with E-state index in [1.54, 1.807) is 0 Å². The lowest BCUT2D eigenvalue weighted by molar-refractivity contribution is 0.102. The molecule has 2 N–H and O–H groups in total. The van der Waals surface area contributed by atoms with E-state index in [0.29, 0.717) is 12.4 Å². The largest absolute Gasteiger partial charge is 0.473 e. The topological polar surface area (TPSA) is 67.3 Å². The van der Waals surface area contributed by atoms with Crippen LogP contribution in [0.25, 0.3) is 0 Å². The number of rotatable bonds is 7. The van der Waals surface area contributed by atoms with Gasteiger partial charge >= 0.3 is 0 Å². The van der Waals surface area contributed by atoms with E-state index < -0.39 is 6.10 Å². The summed E-state index contributed by atoms with van der Waals surface area (Å²) in [5.41, 5.74) is 0. The molecular formula is C11H14ClN3O2S2. The first-order valence-electron chi connectivity index (χ1n) is 5.72. The number of hydrogen-bond donors (Lipinski definition) is 2. The van der Waals surface area contributed by atoms with E-state index in [2.05, 4.69) is 14.1 Å². The Morgan fingerprint density at radius 1 is 1.53 bits per heavy atom. The fourth-order valence-electron chi connectivity index (χ4n) is 1.43. The average Bonchev–Trinajstić information content (AvgIpc) is 3.04. The van der Waals surface area contributed by atoms with Crippen LogP contribution in [0.1, 0.15) is 17.8 Å². The Hall–Kier alpha value is -0.730. The standard InChI is InChI=1S/C11H14ClN3O2S2/c1-7(9-2-3-10(12)18-9)13-4-8(16)6-17-11-5-14-19-15-11/h2-3,5,7-8,13,16H,4,6H2,1H3. The second-order valence-corrected chi connectivity index (χ2v) is 6.29. The van der Waals surface area contributed by atoms with E-state index in [-0.39, 0.29) is 12.6 Å². The summed E-state index contributed by atoms with van der Waals surface area (Å²) in [6.07, 6.45) is 0.931. The molecule has 2 heterocycles. The highest BCUT2D eigenvalue weighted by atomic mass is 35.5. The molecule has 0 bridgehead atoms. The van der Waals surface area contributed by atoms with Crippen molar-refractivity contribution in [2.24, 2.45) is 0 Å². The van der Waals surface area contributed by atoms with Crippen molar-refractivity contribution < 1.29 is 9.84 Å². The smallest absolute Gasteiger partial charge is 0.245 e. The summed E-state index contributed by atoms with van der Waals surface area (Å²) in [7, 11) is 0. The number of aliphatic hydroxyl groups is 1. The highest BCUT2D eigenvalue weighted by Crippen LogP contribution is 2.26. The summed E-state index contributed by atoms with van der Waals surface area (Å²) in [6, 6.07) is 4.00. The Morgan fingerprint density at radius 2 is 2.37 bits per heavy atom. The van der Waals surface area contributed by atoms with Gasteiger partial charge in [0.05, 0.1) is 16.1 Å². The van der Waals surface area contributed by atoms with Gasteiger partial charge in [-0.3, -0.25) is 0 Å². The number of thiophene rings is 1. The van der Waals surface area contributed by atoms with Crippen LogP contribution < -0.4 is 10.1 Å². The van der Waals surface area contributed by atoms with E-state index >= 15 is 0 Å². The number of halogens is 1. The van der Waals surface area contributed by atoms with Gasteiger partial charge in [0.2, 0.25) is 5.88 Å². The fraction of sp³-hybridized carbons (Fsp3) is 0.455. The zero-order valence-corrected chi connectivity index (χ0v) is 12.6. The van der Waals surface area contributed by atoms with Crippen LogP contribution in [-0.2, 0) is 0 Å². The molecule has 19 heavy (non-hydrogen) atoms. The third-order valence-corrected chi connectivity index (χ3v) is 4.32. The van der Waals surface area contributed by atoms with Crippen LogP contribution in [0.15, 0.2) is 18.3 Å². The molecule has 104 valence electrons. The summed E-state index contributed by atoms with van der Waals surface area (Å²) in [5.74, 6) is 0.446. The molecule has 0 aliphatic heterocycles. The lowest BCUT2D eigenvalue weighted by Gasteiger charge is -2.16. The van der Waals surface area contributed by atoms with E-state index in [9.17, 15) is 5.11 Å². The van der Waals surface area contributed by atoms with Gasteiger partial charge in [-0.25, -0.2) is 0 Å². The van der Waals surface area contributed by atoms with E-state index in [1.807, 2.05) is 19.1 Å². The molecule has 0 radical (unpaired) electrons. The van der Waals surface area contributed by atoms with Gasteiger partial charge in [0, 0.05) is 17.5 Å². The quantitative estimate of drug-likeness (QED) is 0.820. The van der Waals surface area contributed by atoms with Crippen LogP contribution in [0.5, 0.6) is 5.88 Å². The van der Waals surface area contributed by atoms with Gasteiger partial charge in [-0.05, 0) is 19.1 Å². The summed E-state index contributed by atoms with van der Waals surface area (Å²) in [6.45, 7) is 2.66. The van der Waals surface area contributed by atoms with Gasteiger partial charge in [0.15, 0.2) is 0 Å². The molecule has 2 aromatic rings. The van der Waals surface area contributed by atoms with Gasteiger partial charge in [0.1, 0.15) is 18.9 Å². The Kier molecular flexibility index (Phi) is 5.53. The molecule has 2 atom stereocenters. The van der Waals surface area contributed by atoms with Crippen molar-refractivity contribution in [1.29, 1.82) is 0 Å². The fourth-order valence-corrected chi connectivity index (χ4v) is 2.89. The molecule has 0 spiro atoms. The van der Waals surface area contributed by atoms with Crippen molar-refractivity contribution in [3.05, 3.63) is 27.5 Å². The van der Waals surface area contributed by atoms with Crippen LogP contribution in [-0.4, -0.2) is 33.1 Å². The average molecular weight is 320 g/mol. The third-order valence-electron chi connectivity index (χ3n) is 2.45. The number of nitrogens with zero attached hydrogens (tertiary/aromatic N) is 2. The molecule has 0 fully saturated rings. The highest BCUT2D eigenvalue weighted by Gasteiger charge is 2.11. The van der Waals surface area contributed by atoms with E-state index in [0.717, 1.165) is 20.9 Å². The molecule has 2 aromatic heterocycles. The maximum atomic E-state index is 9.79. The summed E-state index contributed by atoms with van der Waals surface area (Å²) in [4.78, 5) is 1.14. The molecule has 0 amide bonds. The minimum atomic E-state index is -0.598. The first-order chi connectivity index (χ1) is 9.15. The SMILES string of the molecule is CC(NCC(O)COc1cnsn1)c1ccc(Cl)s1. The van der Waals surface area contributed by atoms with Crippen molar-refractivity contribution >= 4 is 34.7 Å². The minimum absolute atomic E-state index is 0.146. The van der Waals surface area contributed by atoms with Gasteiger partial charge in [-0.15, -0.1) is 15.7 Å². The van der Waals surface area contributed by atoms with Crippen LogP contribution in [0.2, 0.25) is 4.34 Å². The molecule has 2 unspecified atom stereocenters. The van der Waals surface area contributed by atoms with E-state index in [4.69, 9.17) is 16.3 Å². The molecule has 8 heteroatoms. The summed E-state index contributed by atoms with van der Waals surface area (Å²) < 4.78 is 13.8. The van der Waals surface area contributed by atoms with Crippen LogP contribution >= 0.6 is 34.7 Å². The lowest BCUT2D eigenvalue weighted by atomic mass is 10.2. The Labute approximate surface area is 124 Å². The molecule has 0 saturated heterocycles. The number of hydrogen-bond acceptors (Lipinski definition) is 7. The molecule has 0 aliphatic rings. The Balaban J connectivity index is 1.69. The number of nitrogens with one attached hydrogen (secondary N) is 1. The Morgan fingerprint density at radius 3 is 3.00 bits per heavy atom. The predicted molar refractivity (Wildman–Crippen MR) is 77.2 cm³/mol. The van der Waals surface area contributed by atoms with Crippen LogP contribution in [0, 0.1) is 0 Å². The highest BCUT2D eigenvalue weighted by molar-refractivity contribution is 7.16. The van der Waals surface area contributed by atoms with Crippen molar-refractivity contribution in [1.82, 2.24) is 14.1 Å². The zero-order chi connectivity index (χ0) is 13.7. The van der Waals surface area contributed by atoms with Gasteiger partial charge < -0.3 is 15.2 Å². The first kappa shape index (κ1) is 14.7. The van der Waals surface area contributed by atoms with E-state index in [1.165, 1.54) is 17.5 Å². The summed E-state index contributed by atoms with van der Waals surface area (Å²) in [5, 5.41) is 13.0. The molecule has 0 aromatic carbocycles. The second-order valence-electron chi connectivity index (χ2n) is 3.98. The first-order valence-corrected chi connectivity index (χ1v) is 7.64. The lowest BCUT2D eigenvalue weighted by Crippen LogP contribution is -2.32. The second kappa shape index (κ2) is 7.16. The number of aliphatic hydroxyl groups excluding tert-OH is 1. The molecule has 0 saturated carbocycles.